The van der Waals surface area contributed by atoms with Crippen LogP contribution in [0.15, 0.2) is 24.3 Å². The topological polar surface area (TPSA) is 43.1 Å². The van der Waals surface area contributed by atoms with Gasteiger partial charge in [0, 0.05) is 4.92 Å². The van der Waals surface area contributed by atoms with E-state index < -0.39 is 19.5 Å². The van der Waals surface area contributed by atoms with Crippen molar-refractivity contribution >= 4 is 56.5 Å². The van der Waals surface area contributed by atoms with Gasteiger partial charge in [-0.1, -0.05) is 53.0 Å². The Kier molecular flexibility index (Phi) is 4.23. The molecule has 1 aliphatic carbocycles. The van der Waals surface area contributed by atoms with Crippen molar-refractivity contribution in [2.24, 2.45) is 0 Å². The van der Waals surface area contributed by atoms with Crippen LogP contribution in [0.1, 0.15) is 0 Å². The SMILES string of the molecule is O=[N+]([O-])C1(C(Cl)(Cl)Cl)C=CC=CC1SCl. The number of nitro groups is 1. The highest BCUT2D eigenvalue weighted by Gasteiger charge is 2.63. The van der Waals surface area contributed by atoms with E-state index in [0.717, 1.165) is 11.0 Å². The Bertz CT molecular complexity index is 327. The number of alkyl halides is 3. The predicted molar refractivity (Wildman–Crippen MR) is 65.5 cm³/mol. The lowest BCUT2D eigenvalue weighted by Gasteiger charge is -2.33. The average Bonchev–Trinajstić information content (AvgIpc) is 2.15. The molecule has 8 heteroatoms. The highest BCUT2D eigenvalue weighted by atomic mass is 35.7. The Hall–Kier alpha value is 0.390. The maximum atomic E-state index is 11.1. The summed E-state index contributed by atoms with van der Waals surface area (Å²) in [4.78, 5) is 10.5. The van der Waals surface area contributed by atoms with Crippen LogP contribution in [0.5, 0.6) is 0 Å². The molecule has 1 aliphatic rings. The van der Waals surface area contributed by atoms with Crippen LogP contribution in [0.2, 0.25) is 0 Å². The maximum absolute atomic E-state index is 11.1. The third-order valence-electron chi connectivity index (χ3n) is 2.03. The Morgan fingerprint density at radius 2 is 2.00 bits per heavy atom. The van der Waals surface area contributed by atoms with Crippen LogP contribution in [-0.4, -0.2) is 19.5 Å². The quantitative estimate of drug-likeness (QED) is 0.443. The van der Waals surface area contributed by atoms with Crippen LogP contribution in [0.4, 0.5) is 0 Å². The smallest absolute Gasteiger partial charge is 0.263 e. The van der Waals surface area contributed by atoms with Crippen molar-refractivity contribution in [2.75, 3.05) is 0 Å². The third-order valence-corrected chi connectivity index (χ3v) is 4.23. The first-order chi connectivity index (χ1) is 6.86. The van der Waals surface area contributed by atoms with Crippen molar-refractivity contribution in [1.82, 2.24) is 0 Å². The summed E-state index contributed by atoms with van der Waals surface area (Å²) in [5, 5.41) is 10.4. The molecule has 15 heavy (non-hydrogen) atoms. The Morgan fingerprint density at radius 3 is 2.33 bits per heavy atom. The van der Waals surface area contributed by atoms with E-state index in [2.05, 4.69) is 0 Å². The number of hydrogen-bond donors (Lipinski definition) is 0. The fourth-order valence-electron chi connectivity index (χ4n) is 1.23. The van der Waals surface area contributed by atoms with E-state index in [1.54, 1.807) is 6.08 Å². The molecule has 84 valence electrons. The summed E-state index contributed by atoms with van der Waals surface area (Å²) in [6.45, 7) is 0. The zero-order chi connectivity index (χ0) is 11.7. The van der Waals surface area contributed by atoms with Crippen molar-refractivity contribution in [3.63, 3.8) is 0 Å². The van der Waals surface area contributed by atoms with Crippen LogP contribution in [0.25, 0.3) is 0 Å². The molecule has 3 nitrogen and oxygen atoms in total. The van der Waals surface area contributed by atoms with Crippen molar-refractivity contribution in [3.05, 3.63) is 34.4 Å². The van der Waals surface area contributed by atoms with Crippen molar-refractivity contribution in [1.29, 1.82) is 0 Å². The molecule has 0 saturated heterocycles. The second kappa shape index (κ2) is 4.72. The predicted octanol–water partition coefficient (Wildman–Crippen LogP) is 3.75. The molecule has 0 bridgehead atoms. The first kappa shape index (κ1) is 13.5. The van der Waals surface area contributed by atoms with Gasteiger partial charge in [-0.3, -0.25) is 10.1 Å². The Morgan fingerprint density at radius 1 is 1.40 bits per heavy atom. The van der Waals surface area contributed by atoms with E-state index >= 15 is 0 Å². The molecule has 2 atom stereocenters. The summed E-state index contributed by atoms with van der Waals surface area (Å²) in [7, 11) is 6.31. The van der Waals surface area contributed by atoms with Gasteiger partial charge >= 0.3 is 5.54 Å². The molecule has 2 unspecified atom stereocenters. The van der Waals surface area contributed by atoms with Gasteiger partial charge in [0.05, 0.1) is 0 Å². The molecule has 0 fully saturated rings. The fraction of sp³-hybridized carbons (Fsp3) is 0.429. The van der Waals surface area contributed by atoms with Gasteiger partial charge in [0.15, 0.2) is 0 Å². The molecule has 0 N–H and O–H groups in total. The second-order valence-corrected chi connectivity index (χ2v) is 6.34. The van der Waals surface area contributed by atoms with Crippen molar-refractivity contribution < 1.29 is 4.92 Å². The van der Waals surface area contributed by atoms with Crippen LogP contribution in [0.3, 0.4) is 0 Å². The summed E-state index contributed by atoms with van der Waals surface area (Å²) < 4.78 is -2.07. The lowest BCUT2D eigenvalue weighted by molar-refractivity contribution is -0.551. The van der Waals surface area contributed by atoms with Gasteiger partial charge in [-0.05, 0) is 27.7 Å². The van der Waals surface area contributed by atoms with Crippen LogP contribution >= 0.6 is 56.5 Å². The number of hydrogen-bond acceptors (Lipinski definition) is 3. The summed E-state index contributed by atoms with van der Waals surface area (Å²) in [5.41, 5.74) is -1.83. The van der Waals surface area contributed by atoms with Gasteiger partial charge in [0.1, 0.15) is 5.25 Å². The van der Waals surface area contributed by atoms with E-state index in [1.807, 2.05) is 0 Å². The van der Waals surface area contributed by atoms with Crippen molar-refractivity contribution in [3.8, 4) is 0 Å². The second-order valence-electron chi connectivity index (χ2n) is 2.83. The minimum Gasteiger partial charge on any atom is -0.263 e. The molecule has 0 aromatic heterocycles. The van der Waals surface area contributed by atoms with Gasteiger partial charge in [-0.2, -0.15) is 0 Å². The van der Waals surface area contributed by atoms with Gasteiger partial charge in [-0.15, -0.1) is 0 Å². The summed E-state index contributed by atoms with van der Waals surface area (Å²) in [5.74, 6) is 0. The lowest BCUT2D eigenvalue weighted by atomic mass is 9.93. The summed E-state index contributed by atoms with van der Waals surface area (Å²) >= 11 is 17.0. The zero-order valence-corrected chi connectivity index (χ0v) is 10.9. The van der Waals surface area contributed by atoms with Crippen LogP contribution in [0, 0.1) is 10.1 Å². The van der Waals surface area contributed by atoms with E-state index in [4.69, 9.17) is 45.5 Å². The van der Waals surface area contributed by atoms with Crippen LogP contribution < -0.4 is 0 Å². The molecule has 0 saturated carbocycles. The average molecular weight is 309 g/mol. The Balaban J connectivity index is 3.27. The van der Waals surface area contributed by atoms with E-state index in [0.29, 0.717) is 0 Å². The highest BCUT2D eigenvalue weighted by molar-refractivity contribution is 8.21. The monoisotopic (exact) mass is 307 g/mol. The molecular weight excluding hydrogens is 304 g/mol. The molecule has 0 radical (unpaired) electrons. The van der Waals surface area contributed by atoms with E-state index in [-0.39, 0.29) is 0 Å². The minimum atomic E-state index is -2.07. The molecule has 0 amide bonds. The number of halogens is 4. The zero-order valence-electron chi connectivity index (χ0n) is 7.07. The standard InChI is InChI=1S/C7H5Cl4NO2S/c8-7(9,10)6(12(13)14)4-2-1-3-5(6)15-11/h1-5H. The molecule has 0 aromatic rings. The van der Waals surface area contributed by atoms with E-state index in [1.165, 1.54) is 18.2 Å². The molecule has 1 rings (SSSR count). The van der Waals surface area contributed by atoms with Gasteiger partial charge < -0.3 is 0 Å². The largest absolute Gasteiger partial charge is 0.303 e. The number of allylic oxidation sites excluding steroid dienone is 2. The van der Waals surface area contributed by atoms with Gasteiger partial charge in [0.25, 0.3) is 3.79 Å². The molecule has 0 aliphatic heterocycles. The third kappa shape index (κ3) is 2.24. The van der Waals surface area contributed by atoms with E-state index in [9.17, 15) is 10.1 Å². The lowest BCUT2D eigenvalue weighted by Crippen LogP contribution is -2.55. The minimum absolute atomic E-state index is 0.625. The number of rotatable bonds is 2. The first-order valence-electron chi connectivity index (χ1n) is 3.71. The van der Waals surface area contributed by atoms with Crippen molar-refractivity contribution in [2.45, 2.75) is 14.6 Å². The number of nitrogens with zero attached hydrogens (tertiary/aromatic N) is 1. The maximum Gasteiger partial charge on any atom is 0.303 e. The Labute approximate surface area is 110 Å². The molecular formula is C7H5Cl4NO2S. The molecule has 0 heterocycles. The van der Waals surface area contributed by atoms with Gasteiger partial charge in [0.2, 0.25) is 0 Å². The molecule has 0 spiro atoms. The first-order valence-corrected chi connectivity index (χ1v) is 6.55. The van der Waals surface area contributed by atoms with Crippen LogP contribution in [-0.2, 0) is 0 Å². The molecule has 0 aromatic carbocycles. The normalized spacial score (nSPS) is 30.5. The fourth-order valence-corrected chi connectivity index (χ4v) is 3.39. The highest BCUT2D eigenvalue weighted by Crippen LogP contribution is 2.49. The summed E-state index contributed by atoms with van der Waals surface area (Å²) in [6.07, 6.45) is 5.87. The summed E-state index contributed by atoms with van der Waals surface area (Å²) in [6, 6.07) is 0. The van der Waals surface area contributed by atoms with Gasteiger partial charge in [-0.25, -0.2) is 0 Å².